The normalized spacial score (nSPS) is 46.9. The van der Waals surface area contributed by atoms with Gasteiger partial charge < -0.3 is 10.0 Å². The van der Waals surface area contributed by atoms with Crippen LogP contribution in [0.25, 0.3) is 0 Å². The van der Waals surface area contributed by atoms with Crippen molar-refractivity contribution in [2.45, 2.75) is 32.6 Å². The Hall–Kier alpha value is -0.570. The monoisotopic (exact) mass is 223 g/mol. The lowest BCUT2D eigenvalue weighted by Crippen LogP contribution is -2.36. The lowest BCUT2D eigenvalue weighted by molar-refractivity contribution is -0.149. The van der Waals surface area contributed by atoms with Crippen molar-refractivity contribution in [3.05, 3.63) is 0 Å². The van der Waals surface area contributed by atoms with Crippen molar-refractivity contribution >= 4 is 5.97 Å². The molecule has 1 aliphatic heterocycles. The van der Waals surface area contributed by atoms with Crippen LogP contribution in [0.5, 0.6) is 0 Å². The highest BCUT2D eigenvalue weighted by atomic mass is 16.4. The molecule has 16 heavy (non-hydrogen) atoms. The van der Waals surface area contributed by atoms with E-state index >= 15 is 0 Å². The molecule has 0 aromatic heterocycles. The van der Waals surface area contributed by atoms with Crippen molar-refractivity contribution in [3.63, 3.8) is 0 Å². The molecule has 3 rings (SSSR count). The van der Waals surface area contributed by atoms with Gasteiger partial charge in [0.15, 0.2) is 0 Å². The zero-order chi connectivity index (χ0) is 11.3. The van der Waals surface area contributed by atoms with Crippen LogP contribution in [0, 0.1) is 23.2 Å². The highest BCUT2D eigenvalue weighted by Gasteiger charge is 2.55. The van der Waals surface area contributed by atoms with Gasteiger partial charge in [-0.1, -0.05) is 13.3 Å². The Balaban J connectivity index is 1.68. The van der Waals surface area contributed by atoms with Crippen LogP contribution in [0.15, 0.2) is 0 Å². The fourth-order valence-electron chi connectivity index (χ4n) is 3.87. The fourth-order valence-corrected chi connectivity index (χ4v) is 3.87. The molecule has 3 fully saturated rings. The van der Waals surface area contributed by atoms with E-state index in [0.717, 1.165) is 50.7 Å². The molecular formula is C13H21NO2. The number of hydrogen-bond donors (Lipinski definition) is 1. The van der Waals surface area contributed by atoms with Crippen molar-refractivity contribution in [2.75, 3.05) is 19.6 Å². The molecular weight excluding hydrogens is 202 g/mol. The lowest BCUT2D eigenvalue weighted by Gasteiger charge is -2.23. The van der Waals surface area contributed by atoms with E-state index in [-0.39, 0.29) is 5.41 Å². The summed E-state index contributed by atoms with van der Waals surface area (Å²) in [6.45, 7) is 5.30. The van der Waals surface area contributed by atoms with Crippen LogP contribution < -0.4 is 0 Å². The molecule has 2 unspecified atom stereocenters. The van der Waals surface area contributed by atoms with E-state index < -0.39 is 5.97 Å². The third kappa shape index (κ3) is 1.48. The van der Waals surface area contributed by atoms with Gasteiger partial charge in [-0.15, -0.1) is 0 Å². The molecule has 0 spiro atoms. The van der Waals surface area contributed by atoms with Gasteiger partial charge in [-0.25, -0.2) is 0 Å². The Morgan fingerprint density at radius 3 is 2.88 bits per heavy atom. The van der Waals surface area contributed by atoms with Crippen LogP contribution in [0.4, 0.5) is 0 Å². The van der Waals surface area contributed by atoms with Gasteiger partial charge in [-0.3, -0.25) is 4.79 Å². The Bertz CT molecular complexity index is 317. The molecule has 2 aliphatic carbocycles. The van der Waals surface area contributed by atoms with Gasteiger partial charge >= 0.3 is 5.97 Å². The molecule has 3 nitrogen and oxygen atoms in total. The largest absolute Gasteiger partial charge is 0.481 e. The molecule has 0 bridgehead atoms. The van der Waals surface area contributed by atoms with E-state index in [1.54, 1.807) is 0 Å². The van der Waals surface area contributed by atoms with E-state index in [1.807, 2.05) is 0 Å². The quantitative estimate of drug-likeness (QED) is 0.793. The van der Waals surface area contributed by atoms with Gasteiger partial charge in [0.2, 0.25) is 0 Å². The SMILES string of the molecule is CC1CC1CN1C[C@@H]2CCC[C@@]2(C(=O)O)C1. The summed E-state index contributed by atoms with van der Waals surface area (Å²) in [5.41, 5.74) is -0.377. The second kappa shape index (κ2) is 3.46. The summed E-state index contributed by atoms with van der Waals surface area (Å²) in [7, 11) is 0. The maximum absolute atomic E-state index is 11.5. The van der Waals surface area contributed by atoms with E-state index in [9.17, 15) is 9.90 Å². The van der Waals surface area contributed by atoms with Gasteiger partial charge in [-0.05, 0) is 37.0 Å². The van der Waals surface area contributed by atoms with Crippen molar-refractivity contribution in [1.29, 1.82) is 0 Å². The zero-order valence-corrected chi connectivity index (χ0v) is 9.98. The molecule has 0 amide bonds. The second-order valence-electron chi connectivity index (χ2n) is 6.22. The topological polar surface area (TPSA) is 40.5 Å². The smallest absolute Gasteiger partial charge is 0.311 e. The van der Waals surface area contributed by atoms with Gasteiger partial charge in [0.1, 0.15) is 0 Å². The third-order valence-electron chi connectivity index (χ3n) is 5.14. The van der Waals surface area contributed by atoms with Gasteiger partial charge in [0.05, 0.1) is 5.41 Å². The predicted molar refractivity (Wildman–Crippen MR) is 61.1 cm³/mol. The summed E-state index contributed by atoms with van der Waals surface area (Å²) >= 11 is 0. The van der Waals surface area contributed by atoms with Crippen molar-refractivity contribution < 1.29 is 9.90 Å². The first-order chi connectivity index (χ1) is 7.62. The average Bonchev–Trinajstić information content (AvgIpc) is 2.61. The van der Waals surface area contributed by atoms with Crippen LogP contribution in [0.2, 0.25) is 0 Å². The van der Waals surface area contributed by atoms with Crippen LogP contribution >= 0.6 is 0 Å². The van der Waals surface area contributed by atoms with E-state index in [2.05, 4.69) is 11.8 Å². The number of aliphatic carboxylic acids is 1. The van der Waals surface area contributed by atoms with Crippen LogP contribution in [-0.4, -0.2) is 35.6 Å². The highest BCUT2D eigenvalue weighted by molar-refractivity contribution is 5.76. The minimum absolute atomic E-state index is 0.377. The number of carboxylic acid groups (broad SMARTS) is 1. The number of fused-ring (bicyclic) bond motifs is 1. The van der Waals surface area contributed by atoms with Gasteiger partial charge in [-0.2, -0.15) is 0 Å². The molecule has 1 heterocycles. The molecule has 2 saturated carbocycles. The van der Waals surface area contributed by atoms with E-state index in [0.29, 0.717) is 5.92 Å². The second-order valence-corrected chi connectivity index (χ2v) is 6.22. The number of nitrogens with zero attached hydrogens (tertiary/aromatic N) is 1. The van der Waals surface area contributed by atoms with Crippen molar-refractivity contribution in [3.8, 4) is 0 Å². The Morgan fingerprint density at radius 1 is 1.56 bits per heavy atom. The highest BCUT2D eigenvalue weighted by Crippen LogP contribution is 2.50. The Labute approximate surface area is 96.8 Å². The molecule has 90 valence electrons. The summed E-state index contributed by atoms with van der Waals surface area (Å²) in [6, 6.07) is 0. The number of carbonyl (C=O) groups is 1. The zero-order valence-electron chi connectivity index (χ0n) is 9.98. The Morgan fingerprint density at radius 2 is 2.31 bits per heavy atom. The molecule has 3 heteroatoms. The molecule has 0 aromatic carbocycles. The first kappa shape index (κ1) is 10.6. The molecule has 1 saturated heterocycles. The van der Waals surface area contributed by atoms with Crippen molar-refractivity contribution in [1.82, 2.24) is 4.90 Å². The maximum Gasteiger partial charge on any atom is 0.311 e. The number of carboxylic acids is 1. The van der Waals surface area contributed by atoms with Crippen LogP contribution in [-0.2, 0) is 4.79 Å². The first-order valence-electron chi connectivity index (χ1n) is 6.57. The fraction of sp³-hybridized carbons (Fsp3) is 0.923. The summed E-state index contributed by atoms with van der Waals surface area (Å²) in [5.74, 6) is 1.62. The predicted octanol–water partition coefficient (Wildman–Crippen LogP) is 1.83. The average molecular weight is 223 g/mol. The molecule has 0 aromatic rings. The standard InChI is InChI=1S/C13H21NO2/c1-9-5-10(9)6-14-7-11-3-2-4-13(11,8-14)12(15)16/h9-11H,2-8H2,1H3,(H,15,16)/t9?,10?,11-,13+/m0/s1. The third-order valence-corrected chi connectivity index (χ3v) is 5.14. The summed E-state index contributed by atoms with van der Waals surface area (Å²) in [5, 5.41) is 9.47. The summed E-state index contributed by atoms with van der Waals surface area (Å²) in [4.78, 5) is 13.9. The number of hydrogen-bond acceptors (Lipinski definition) is 2. The number of rotatable bonds is 3. The molecule has 1 N–H and O–H groups in total. The van der Waals surface area contributed by atoms with Gasteiger partial charge in [0.25, 0.3) is 0 Å². The van der Waals surface area contributed by atoms with E-state index in [1.165, 1.54) is 6.42 Å². The maximum atomic E-state index is 11.5. The minimum Gasteiger partial charge on any atom is -0.481 e. The molecule has 0 radical (unpaired) electrons. The minimum atomic E-state index is -0.540. The molecule has 3 aliphatic rings. The van der Waals surface area contributed by atoms with Crippen molar-refractivity contribution in [2.24, 2.45) is 23.2 Å². The Kier molecular flexibility index (Phi) is 2.29. The number of likely N-dealkylation sites (tertiary alicyclic amines) is 1. The molecule has 4 atom stereocenters. The van der Waals surface area contributed by atoms with E-state index in [4.69, 9.17) is 0 Å². The summed E-state index contributed by atoms with van der Waals surface area (Å²) < 4.78 is 0. The van der Waals surface area contributed by atoms with Gasteiger partial charge in [0, 0.05) is 19.6 Å². The van der Waals surface area contributed by atoms with Crippen LogP contribution in [0.3, 0.4) is 0 Å². The first-order valence-corrected chi connectivity index (χ1v) is 6.57. The van der Waals surface area contributed by atoms with Crippen LogP contribution in [0.1, 0.15) is 32.6 Å². The summed E-state index contributed by atoms with van der Waals surface area (Å²) in [6.07, 6.45) is 4.50. The lowest BCUT2D eigenvalue weighted by atomic mass is 9.81.